The Morgan fingerprint density at radius 1 is 1.15 bits per heavy atom. The highest BCUT2D eigenvalue weighted by molar-refractivity contribution is 5.95. The summed E-state index contributed by atoms with van der Waals surface area (Å²) < 4.78 is 5.44. The maximum atomic E-state index is 12.4. The molecule has 1 N–H and O–H groups in total. The Labute approximate surface area is 118 Å². The van der Waals surface area contributed by atoms with Crippen LogP contribution in [0, 0.1) is 0 Å². The molecule has 4 heteroatoms. The number of para-hydroxylation sites is 3. The maximum Gasteiger partial charge on any atom is 0.420 e. The van der Waals surface area contributed by atoms with E-state index in [1.807, 2.05) is 49.4 Å². The van der Waals surface area contributed by atoms with E-state index in [1.54, 1.807) is 17.0 Å². The van der Waals surface area contributed by atoms with Crippen LogP contribution < -0.4 is 15.0 Å². The number of ether oxygens (including phenoxy) is 1. The largest absolute Gasteiger partial charge is 0.420 e. The van der Waals surface area contributed by atoms with Gasteiger partial charge in [0.05, 0.1) is 17.4 Å². The Morgan fingerprint density at radius 2 is 1.85 bits per heavy atom. The van der Waals surface area contributed by atoms with Gasteiger partial charge in [0.1, 0.15) is 5.75 Å². The number of carbonyl (C=O) groups is 1. The van der Waals surface area contributed by atoms with Gasteiger partial charge in [-0.25, -0.2) is 4.79 Å². The predicted octanol–water partition coefficient (Wildman–Crippen LogP) is 3.51. The first-order chi connectivity index (χ1) is 9.75. The lowest BCUT2D eigenvalue weighted by atomic mass is 10.1. The van der Waals surface area contributed by atoms with Gasteiger partial charge in [0.15, 0.2) is 0 Å². The summed E-state index contributed by atoms with van der Waals surface area (Å²) in [6.07, 6.45) is -0.349. The van der Waals surface area contributed by atoms with Gasteiger partial charge in [0.2, 0.25) is 0 Å². The number of carbonyl (C=O) groups excluding carboxylic acids is 1. The lowest BCUT2D eigenvalue weighted by molar-refractivity contribution is 0.205. The first-order valence-corrected chi connectivity index (χ1v) is 6.64. The molecule has 1 aliphatic rings. The van der Waals surface area contributed by atoms with E-state index >= 15 is 0 Å². The van der Waals surface area contributed by atoms with Crippen LogP contribution >= 0.6 is 0 Å². The van der Waals surface area contributed by atoms with Gasteiger partial charge in [-0.3, -0.25) is 4.90 Å². The molecule has 0 aliphatic carbocycles. The smallest absolute Gasteiger partial charge is 0.410 e. The van der Waals surface area contributed by atoms with E-state index in [2.05, 4.69) is 5.32 Å². The summed E-state index contributed by atoms with van der Waals surface area (Å²) in [5.74, 6) is 0.556. The summed E-state index contributed by atoms with van der Waals surface area (Å²) in [6.45, 7) is 2.70. The molecule has 0 fully saturated rings. The molecule has 0 aromatic heterocycles. The molecule has 1 unspecified atom stereocenters. The highest BCUT2D eigenvalue weighted by Crippen LogP contribution is 2.31. The number of hydrogen-bond donors (Lipinski definition) is 1. The van der Waals surface area contributed by atoms with E-state index in [0.717, 1.165) is 11.4 Å². The fraction of sp³-hybridized carbons (Fsp3) is 0.188. The van der Waals surface area contributed by atoms with E-state index in [4.69, 9.17) is 4.74 Å². The van der Waals surface area contributed by atoms with Gasteiger partial charge in [0.25, 0.3) is 0 Å². The van der Waals surface area contributed by atoms with Crippen molar-refractivity contribution in [3.63, 3.8) is 0 Å². The number of rotatable bonds is 1. The van der Waals surface area contributed by atoms with Crippen molar-refractivity contribution in [3.8, 4) is 5.75 Å². The molecule has 0 saturated carbocycles. The Hall–Kier alpha value is -2.49. The Bertz CT molecular complexity index is 613. The molecule has 0 radical (unpaired) electrons. The SMILES string of the molecule is CC1CNc2ccccc2N1C(=O)Oc1ccccc1. The molecular formula is C16H16N2O2. The van der Waals surface area contributed by atoms with Gasteiger partial charge in [-0.2, -0.15) is 0 Å². The third kappa shape index (κ3) is 2.32. The zero-order valence-electron chi connectivity index (χ0n) is 11.2. The molecule has 0 bridgehead atoms. The van der Waals surface area contributed by atoms with E-state index < -0.39 is 0 Å². The van der Waals surface area contributed by atoms with Crippen LogP contribution in [0.3, 0.4) is 0 Å². The zero-order valence-corrected chi connectivity index (χ0v) is 11.2. The van der Waals surface area contributed by atoms with Crippen LogP contribution in [0.1, 0.15) is 6.92 Å². The minimum absolute atomic E-state index is 0.0427. The molecule has 1 atom stereocenters. The summed E-state index contributed by atoms with van der Waals surface area (Å²) in [7, 11) is 0. The number of amides is 1. The quantitative estimate of drug-likeness (QED) is 0.860. The first kappa shape index (κ1) is 12.5. The fourth-order valence-electron chi connectivity index (χ4n) is 2.34. The summed E-state index contributed by atoms with van der Waals surface area (Å²) in [4.78, 5) is 14.1. The summed E-state index contributed by atoms with van der Waals surface area (Å²) in [5.41, 5.74) is 1.81. The van der Waals surface area contributed by atoms with E-state index in [9.17, 15) is 4.79 Å². The Morgan fingerprint density at radius 3 is 2.65 bits per heavy atom. The van der Waals surface area contributed by atoms with Crippen LogP contribution in [0.15, 0.2) is 54.6 Å². The van der Waals surface area contributed by atoms with Crippen molar-refractivity contribution >= 4 is 17.5 Å². The van der Waals surface area contributed by atoms with Gasteiger partial charge in [-0.15, -0.1) is 0 Å². The predicted molar refractivity (Wildman–Crippen MR) is 79.3 cm³/mol. The summed E-state index contributed by atoms with van der Waals surface area (Å²) in [6, 6.07) is 16.9. The minimum Gasteiger partial charge on any atom is -0.410 e. The average Bonchev–Trinajstić information content (AvgIpc) is 2.48. The monoisotopic (exact) mass is 268 g/mol. The van der Waals surface area contributed by atoms with Gasteiger partial charge in [-0.05, 0) is 31.2 Å². The van der Waals surface area contributed by atoms with Crippen LogP contribution in [0.5, 0.6) is 5.75 Å². The molecule has 1 amide bonds. The van der Waals surface area contributed by atoms with Crippen LogP contribution in [0.4, 0.5) is 16.2 Å². The second kappa shape index (κ2) is 5.25. The molecule has 4 nitrogen and oxygen atoms in total. The van der Waals surface area contributed by atoms with E-state index in [-0.39, 0.29) is 12.1 Å². The van der Waals surface area contributed by atoms with Crippen molar-refractivity contribution in [1.29, 1.82) is 0 Å². The molecule has 0 spiro atoms. The number of hydrogen-bond acceptors (Lipinski definition) is 3. The van der Waals surface area contributed by atoms with Crippen molar-refractivity contribution in [2.75, 3.05) is 16.8 Å². The third-order valence-corrected chi connectivity index (χ3v) is 3.34. The number of benzene rings is 2. The maximum absolute atomic E-state index is 12.4. The van der Waals surface area contributed by atoms with Gasteiger partial charge >= 0.3 is 6.09 Å². The zero-order chi connectivity index (χ0) is 13.9. The molecular weight excluding hydrogens is 252 g/mol. The topological polar surface area (TPSA) is 41.6 Å². The highest BCUT2D eigenvalue weighted by atomic mass is 16.6. The van der Waals surface area contributed by atoms with Gasteiger partial charge < -0.3 is 10.1 Å². The van der Waals surface area contributed by atoms with Gasteiger partial charge in [-0.1, -0.05) is 30.3 Å². The number of nitrogens with zero attached hydrogens (tertiary/aromatic N) is 1. The highest BCUT2D eigenvalue weighted by Gasteiger charge is 2.29. The number of nitrogens with one attached hydrogen (secondary N) is 1. The van der Waals surface area contributed by atoms with Crippen molar-refractivity contribution in [2.45, 2.75) is 13.0 Å². The lowest BCUT2D eigenvalue weighted by Crippen LogP contribution is -2.47. The van der Waals surface area contributed by atoms with Gasteiger partial charge in [0, 0.05) is 6.54 Å². The van der Waals surface area contributed by atoms with E-state index in [0.29, 0.717) is 12.3 Å². The van der Waals surface area contributed by atoms with Crippen LogP contribution in [0.25, 0.3) is 0 Å². The molecule has 1 aliphatic heterocycles. The van der Waals surface area contributed by atoms with Crippen molar-refractivity contribution in [2.24, 2.45) is 0 Å². The second-order valence-electron chi connectivity index (χ2n) is 4.80. The number of fused-ring (bicyclic) bond motifs is 1. The minimum atomic E-state index is -0.349. The molecule has 2 aromatic carbocycles. The third-order valence-electron chi connectivity index (χ3n) is 3.34. The molecule has 0 saturated heterocycles. The standard InChI is InChI=1S/C16H16N2O2/c1-12-11-17-14-9-5-6-10-15(14)18(12)16(19)20-13-7-3-2-4-8-13/h2-10,12,17H,11H2,1H3. The fourth-order valence-corrected chi connectivity index (χ4v) is 2.34. The summed E-state index contributed by atoms with van der Waals surface area (Å²) in [5, 5.41) is 3.31. The normalized spacial score (nSPS) is 17.1. The molecule has 2 aromatic rings. The average molecular weight is 268 g/mol. The Kier molecular flexibility index (Phi) is 3.29. The van der Waals surface area contributed by atoms with Crippen LogP contribution in [-0.4, -0.2) is 18.7 Å². The Balaban J connectivity index is 1.87. The lowest BCUT2D eigenvalue weighted by Gasteiger charge is -2.34. The van der Waals surface area contributed by atoms with Crippen LogP contribution in [0.2, 0.25) is 0 Å². The van der Waals surface area contributed by atoms with Crippen molar-refractivity contribution in [1.82, 2.24) is 0 Å². The molecule has 102 valence electrons. The summed E-state index contributed by atoms with van der Waals surface area (Å²) >= 11 is 0. The first-order valence-electron chi connectivity index (χ1n) is 6.64. The van der Waals surface area contributed by atoms with E-state index in [1.165, 1.54) is 0 Å². The molecule has 20 heavy (non-hydrogen) atoms. The molecule has 3 rings (SSSR count). The van der Waals surface area contributed by atoms with Crippen LogP contribution in [-0.2, 0) is 0 Å². The van der Waals surface area contributed by atoms with Crippen molar-refractivity contribution in [3.05, 3.63) is 54.6 Å². The molecule has 1 heterocycles. The van der Waals surface area contributed by atoms with Crippen molar-refractivity contribution < 1.29 is 9.53 Å². The second-order valence-corrected chi connectivity index (χ2v) is 4.80. The number of anilines is 2.